The molecule has 0 saturated heterocycles. The van der Waals surface area contributed by atoms with E-state index in [-0.39, 0.29) is 6.10 Å². The zero-order valence-corrected chi connectivity index (χ0v) is 12.2. The fourth-order valence-electron chi connectivity index (χ4n) is 2.56. The molecule has 1 unspecified atom stereocenters. The lowest BCUT2D eigenvalue weighted by Crippen LogP contribution is -2.19. The van der Waals surface area contributed by atoms with E-state index in [1.54, 1.807) is 0 Å². The predicted molar refractivity (Wildman–Crippen MR) is 78.3 cm³/mol. The highest BCUT2D eigenvalue weighted by Gasteiger charge is 2.28. The van der Waals surface area contributed by atoms with Crippen molar-refractivity contribution < 1.29 is 9.84 Å². The highest BCUT2D eigenvalue weighted by molar-refractivity contribution is 9.10. The molecule has 3 rings (SSSR count). The Balaban J connectivity index is 1.97. The molecule has 98 valence electrons. The van der Waals surface area contributed by atoms with Crippen molar-refractivity contribution in [1.82, 2.24) is 0 Å². The summed E-state index contributed by atoms with van der Waals surface area (Å²) in [5.41, 5.74) is 3.20. The van der Waals surface area contributed by atoms with Crippen molar-refractivity contribution in [2.45, 2.75) is 25.6 Å². The fourth-order valence-corrected chi connectivity index (χ4v) is 2.94. The Hall–Kier alpha value is -1.32. The lowest BCUT2D eigenvalue weighted by molar-refractivity contribution is 0.0654. The van der Waals surface area contributed by atoms with Gasteiger partial charge in [-0.1, -0.05) is 40.2 Å². The van der Waals surface area contributed by atoms with Crippen molar-refractivity contribution >= 4 is 15.9 Å². The smallest absolute Gasteiger partial charge is 0.127 e. The van der Waals surface area contributed by atoms with Crippen LogP contribution >= 0.6 is 15.9 Å². The summed E-state index contributed by atoms with van der Waals surface area (Å²) in [5, 5.41) is 10.3. The van der Waals surface area contributed by atoms with Crippen molar-refractivity contribution in [3.8, 4) is 5.75 Å². The van der Waals surface area contributed by atoms with Crippen LogP contribution in [0.4, 0.5) is 0 Å². The molecule has 0 aromatic heterocycles. The van der Waals surface area contributed by atoms with Gasteiger partial charge in [-0.2, -0.15) is 0 Å². The van der Waals surface area contributed by atoms with Crippen LogP contribution in [0.1, 0.15) is 35.3 Å². The molecule has 3 heteroatoms. The van der Waals surface area contributed by atoms with E-state index in [2.05, 4.69) is 35.0 Å². The maximum Gasteiger partial charge on any atom is 0.127 e. The molecule has 0 radical (unpaired) electrons. The number of fused-ring (bicyclic) bond motifs is 1. The average molecular weight is 319 g/mol. The van der Waals surface area contributed by atoms with Crippen LogP contribution < -0.4 is 4.74 Å². The third kappa shape index (κ3) is 2.40. The second-order valence-corrected chi connectivity index (χ2v) is 5.81. The lowest BCUT2D eigenvalue weighted by Gasteiger charge is -2.30. The number of halogens is 1. The number of benzene rings is 2. The zero-order valence-electron chi connectivity index (χ0n) is 10.6. The van der Waals surface area contributed by atoms with E-state index in [1.807, 2.05) is 30.3 Å². The van der Waals surface area contributed by atoms with E-state index in [0.29, 0.717) is 6.42 Å². The second-order valence-electron chi connectivity index (χ2n) is 4.90. The highest BCUT2D eigenvalue weighted by Crippen LogP contribution is 2.42. The SMILES string of the molecule is Cc1ccccc1C1C[C@H](O)c2cc(Br)ccc2O1. The lowest BCUT2D eigenvalue weighted by atomic mass is 9.93. The molecular formula is C16H15BrO2. The Kier molecular flexibility index (Phi) is 3.33. The van der Waals surface area contributed by atoms with Crippen LogP contribution in [-0.2, 0) is 0 Å². The van der Waals surface area contributed by atoms with Gasteiger partial charge in [0.2, 0.25) is 0 Å². The first-order valence-corrected chi connectivity index (χ1v) is 7.14. The summed E-state index contributed by atoms with van der Waals surface area (Å²) in [6.07, 6.45) is 0.0321. The number of aliphatic hydroxyl groups excluding tert-OH is 1. The highest BCUT2D eigenvalue weighted by atomic mass is 79.9. The Morgan fingerprint density at radius 2 is 1.95 bits per heavy atom. The Bertz CT molecular complexity index is 609. The van der Waals surface area contributed by atoms with Gasteiger partial charge < -0.3 is 9.84 Å². The number of aryl methyl sites for hydroxylation is 1. The number of ether oxygens (including phenoxy) is 1. The van der Waals surface area contributed by atoms with Gasteiger partial charge in [0.1, 0.15) is 11.9 Å². The third-order valence-corrected chi connectivity index (χ3v) is 4.07. The minimum absolute atomic E-state index is 0.0788. The van der Waals surface area contributed by atoms with Crippen LogP contribution in [0.3, 0.4) is 0 Å². The van der Waals surface area contributed by atoms with Crippen LogP contribution in [0.2, 0.25) is 0 Å². The summed E-state index contributed by atoms with van der Waals surface area (Å²) in [4.78, 5) is 0. The number of hydrogen-bond acceptors (Lipinski definition) is 2. The van der Waals surface area contributed by atoms with Crippen LogP contribution in [-0.4, -0.2) is 5.11 Å². The monoisotopic (exact) mass is 318 g/mol. The van der Waals surface area contributed by atoms with Crippen LogP contribution in [0.25, 0.3) is 0 Å². The quantitative estimate of drug-likeness (QED) is 0.848. The molecule has 1 aliphatic heterocycles. The summed E-state index contributed by atoms with van der Waals surface area (Å²) >= 11 is 3.42. The van der Waals surface area contributed by atoms with Crippen LogP contribution in [0, 0.1) is 6.92 Å². The second kappa shape index (κ2) is 4.99. The molecule has 0 amide bonds. The molecule has 2 atom stereocenters. The standard InChI is InChI=1S/C16H15BrO2/c1-10-4-2-3-5-12(10)16-9-14(18)13-8-11(17)6-7-15(13)19-16/h2-8,14,16,18H,9H2,1H3/t14-,16?/m0/s1. The van der Waals surface area contributed by atoms with E-state index in [4.69, 9.17) is 4.74 Å². The summed E-state index contributed by atoms with van der Waals surface area (Å²) < 4.78 is 7.00. The van der Waals surface area contributed by atoms with Crippen LogP contribution in [0.5, 0.6) is 5.75 Å². The number of hydrogen-bond donors (Lipinski definition) is 1. The van der Waals surface area contributed by atoms with Gasteiger partial charge in [-0.15, -0.1) is 0 Å². The molecule has 0 fully saturated rings. The molecule has 0 spiro atoms. The molecule has 0 aliphatic carbocycles. The van der Waals surface area contributed by atoms with Crippen LogP contribution in [0.15, 0.2) is 46.9 Å². The first-order valence-electron chi connectivity index (χ1n) is 6.35. The minimum Gasteiger partial charge on any atom is -0.485 e. The number of rotatable bonds is 1. The van der Waals surface area contributed by atoms with E-state index in [9.17, 15) is 5.11 Å². The first-order chi connectivity index (χ1) is 9.15. The Morgan fingerprint density at radius 3 is 2.74 bits per heavy atom. The molecule has 1 aliphatic rings. The van der Waals surface area contributed by atoms with Gasteiger partial charge in [0, 0.05) is 16.5 Å². The van der Waals surface area contributed by atoms with E-state index in [0.717, 1.165) is 21.3 Å². The van der Waals surface area contributed by atoms with Gasteiger partial charge in [0.25, 0.3) is 0 Å². The minimum atomic E-state index is -0.481. The van der Waals surface area contributed by atoms with Crippen molar-refractivity contribution in [3.63, 3.8) is 0 Å². The molecule has 1 N–H and O–H groups in total. The summed E-state index contributed by atoms with van der Waals surface area (Å²) in [7, 11) is 0. The van der Waals surface area contributed by atoms with E-state index < -0.39 is 6.10 Å². The van der Waals surface area contributed by atoms with Gasteiger partial charge in [0.15, 0.2) is 0 Å². The maximum absolute atomic E-state index is 10.3. The van der Waals surface area contributed by atoms with E-state index in [1.165, 1.54) is 5.56 Å². The summed E-state index contributed by atoms with van der Waals surface area (Å²) in [6.45, 7) is 2.07. The summed E-state index contributed by atoms with van der Waals surface area (Å²) in [5.74, 6) is 0.773. The average Bonchev–Trinajstić information content (AvgIpc) is 2.40. The molecule has 0 saturated carbocycles. The van der Waals surface area contributed by atoms with Gasteiger partial charge in [-0.25, -0.2) is 0 Å². The zero-order chi connectivity index (χ0) is 13.4. The first kappa shape index (κ1) is 12.7. The molecule has 2 nitrogen and oxygen atoms in total. The van der Waals surface area contributed by atoms with Crippen molar-refractivity contribution in [1.29, 1.82) is 0 Å². The molecule has 19 heavy (non-hydrogen) atoms. The van der Waals surface area contributed by atoms with Gasteiger partial charge in [0.05, 0.1) is 6.10 Å². The largest absolute Gasteiger partial charge is 0.485 e. The summed E-state index contributed by atoms with van der Waals surface area (Å²) in [6, 6.07) is 13.9. The Labute approximate surface area is 121 Å². The molecule has 2 aromatic carbocycles. The molecular weight excluding hydrogens is 304 g/mol. The topological polar surface area (TPSA) is 29.5 Å². The van der Waals surface area contributed by atoms with Gasteiger partial charge in [-0.3, -0.25) is 0 Å². The van der Waals surface area contributed by atoms with Crippen molar-refractivity contribution in [2.24, 2.45) is 0 Å². The van der Waals surface area contributed by atoms with Crippen molar-refractivity contribution in [3.05, 3.63) is 63.6 Å². The molecule has 2 aromatic rings. The number of aliphatic hydroxyl groups is 1. The molecule has 1 heterocycles. The normalized spacial score (nSPS) is 21.6. The maximum atomic E-state index is 10.3. The van der Waals surface area contributed by atoms with Gasteiger partial charge >= 0.3 is 0 Å². The Morgan fingerprint density at radius 1 is 1.16 bits per heavy atom. The fraction of sp³-hybridized carbons (Fsp3) is 0.250. The van der Waals surface area contributed by atoms with E-state index >= 15 is 0 Å². The van der Waals surface area contributed by atoms with Gasteiger partial charge in [-0.05, 0) is 36.2 Å². The van der Waals surface area contributed by atoms with Crippen molar-refractivity contribution in [2.75, 3.05) is 0 Å². The predicted octanol–water partition coefficient (Wildman–Crippen LogP) is 4.31. The third-order valence-electron chi connectivity index (χ3n) is 3.57. The molecule has 0 bridgehead atoms.